The summed E-state index contributed by atoms with van der Waals surface area (Å²) < 4.78 is 34.2. The van der Waals surface area contributed by atoms with Gasteiger partial charge in [0.25, 0.3) is 0 Å². The molecule has 0 aromatic heterocycles. The lowest BCUT2D eigenvalue weighted by Gasteiger charge is -2.48. The quantitative estimate of drug-likeness (QED) is 0.0213. The van der Waals surface area contributed by atoms with Gasteiger partial charge in [0, 0.05) is 6.42 Å². The van der Waals surface area contributed by atoms with Crippen molar-refractivity contribution in [3.8, 4) is 0 Å². The van der Waals surface area contributed by atoms with E-state index in [1.54, 1.807) is 6.08 Å². The summed E-state index contributed by atoms with van der Waals surface area (Å²) in [6.07, 6.45) is 23.8. The van der Waals surface area contributed by atoms with Crippen LogP contribution in [-0.4, -0.2) is 193 Å². The summed E-state index contributed by atoms with van der Waals surface area (Å²) in [4.78, 5) is 13.2. The molecular formula is C63H117NO18. The van der Waals surface area contributed by atoms with Crippen LogP contribution in [0.5, 0.6) is 0 Å². The lowest BCUT2D eigenvalue weighted by molar-refractivity contribution is -0.379. The third kappa shape index (κ3) is 29.3. The summed E-state index contributed by atoms with van der Waals surface area (Å²) in [7, 11) is 0. The van der Waals surface area contributed by atoms with E-state index in [1.165, 1.54) is 154 Å². The van der Waals surface area contributed by atoms with Crippen LogP contribution in [-0.2, 0) is 33.2 Å². The Hall–Kier alpha value is -1.73. The Kier molecular flexibility index (Phi) is 42.2. The van der Waals surface area contributed by atoms with E-state index in [-0.39, 0.29) is 18.9 Å². The van der Waals surface area contributed by atoms with Gasteiger partial charge in [0.05, 0.1) is 38.6 Å². The number of allylic oxidation sites excluding steroid dienone is 3. The van der Waals surface area contributed by atoms with E-state index in [1.807, 2.05) is 6.08 Å². The van der Waals surface area contributed by atoms with Gasteiger partial charge in [-0.2, -0.15) is 0 Å². The molecule has 482 valence electrons. The van der Waals surface area contributed by atoms with E-state index in [0.717, 1.165) is 51.4 Å². The highest BCUT2D eigenvalue weighted by atomic mass is 16.8. The standard InChI is InChI=1S/C63H117NO18/c1-3-5-7-9-11-12-13-14-15-16-17-18-19-20-21-22-23-24-25-26-27-28-29-30-31-32-33-35-36-38-40-47(68)46(64-51(69)41-39-37-34-10-8-6-4-2)45-77-61-57(75)54(72)59(49(43-66)79-61)82-63-58(76)55(73)60(50(44-67)80-63)81-62-56(74)53(71)52(70)48(42-65)78-62/h32-33,38,40,46-50,52-63,65-68,70-76H,3-31,34-37,39,41-45H2,1-2H3,(H,64,69)/b33-32+,40-38+. The molecule has 0 radical (unpaired) electrons. The van der Waals surface area contributed by atoms with Gasteiger partial charge in [-0.15, -0.1) is 0 Å². The van der Waals surface area contributed by atoms with Crippen LogP contribution < -0.4 is 5.32 Å². The number of hydrogen-bond donors (Lipinski definition) is 12. The number of carbonyl (C=O) groups excluding carboxylic acids is 1. The van der Waals surface area contributed by atoms with Gasteiger partial charge in [-0.1, -0.05) is 224 Å². The molecule has 12 N–H and O–H groups in total. The minimum Gasteiger partial charge on any atom is -0.394 e. The van der Waals surface area contributed by atoms with Crippen LogP contribution in [0.1, 0.15) is 239 Å². The molecule has 19 heteroatoms. The number of hydrogen-bond acceptors (Lipinski definition) is 18. The zero-order chi connectivity index (χ0) is 59.7. The van der Waals surface area contributed by atoms with Crippen LogP contribution in [0.2, 0.25) is 0 Å². The highest BCUT2D eigenvalue weighted by Crippen LogP contribution is 2.33. The second-order valence-electron chi connectivity index (χ2n) is 23.6. The average Bonchev–Trinajstić information content (AvgIpc) is 3.59. The number of aliphatic hydroxyl groups is 11. The predicted octanol–water partition coefficient (Wildman–Crippen LogP) is 7.10. The first-order chi connectivity index (χ1) is 39.8. The predicted molar refractivity (Wildman–Crippen MR) is 314 cm³/mol. The molecule has 0 aromatic carbocycles. The molecular weight excluding hydrogens is 1060 g/mol. The van der Waals surface area contributed by atoms with Crippen molar-refractivity contribution in [2.24, 2.45) is 0 Å². The van der Waals surface area contributed by atoms with Crippen LogP contribution in [0.3, 0.4) is 0 Å². The smallest absolute Gasteiger partial charge is 0.220 e. The number of nitrogens with one attached hydrogen (secondary N) is 1. The van der Waals surface area contributed by atoms with Gasteiger partial charge >= 0.3 is 0 Å². The molecule has 3 saturated heterocycles. The number of rotatable bonds is 49. The molecule has 3 aliphatic heterocycles. The summed E-state index contributed by atoms with van der Waals surface area (Å²) >= 11 is 0. The van der Waals surface area contributed by atoms with Crippen molar-refractivity contribution in [2.75, 3.05) is 26.4 Å². The Morgan fingerprint density at radius 1 is 0.427 bits per heavy atom. The summed E-state index contributed by atoms with van der Waals surface area (Å²) in [5.74, 6) is -0.291. The van der Waals surface area contributed by atoms with E-state index < -0.39 is 124 Å². The molecule has 3 aliphatic rings. The Balaban J connectivity index is 1.37. The lowest BCUT2D eigenvalue weighted by atomic mass is 9.96. The Labute approximate surface area is 492 Å². The van der Waals surface area contributed by atoms with Crippen LogP contribution >= 0.6 is 0 Å². The van der Waals surface area contributed by atoms with Crippen molar-refractivity contribution in [3.05, 3.63) is 24.3 Å². The second-order valence-corrected chi connectivity index (χ2v) is 23.6. The number of amides is 1. The molecule has 82 heavy (non-hydrogen) atoms. The second kappa shape index (κ2) is 46.4. The van der Waals surface area contributed by atoms with E-state index in [0.29, 0.717) is 12.8 Å². The first-order valence-corrected chi connectivity index (χ1v) is 32.6. The number of ether oxygens (including phenoxy) is 6. The van der Waals surface area contributed by atoms with Gasteiger partial charge in [-0.3, -0.25) is 4.79 Å². The van der Waals surface area contributed by atoms with Gasteiger partial charge < -0.3 is 89.9 Å². The van der Waals surface area contributed by atoms with Crippen molar-refractivity contribution in [1.29, 1.82) is 0 Å². The van der Waals surface area contributed by atoms with Crippen molar-refractivity contribution in [2.45, 2.75) is 343 Å². The molecule has 1 amide bonds. The largest absolute Gasteiger partial charge is 0.394 e. The van der Waals surface area contributed by atoms with E-state index in [2.05, 4.69) is 31.3 Å². The molecule has 19 nitrogen and oxygen atoms in total. The van der Waals surface area contributed by atoms with Crippen molar-refractivity contribution in [3.63, 3.8) is 0 Å². The maximum Gasteiger partial charge on any atom is 0.220 e. The molecule has 17 unspecified atom stereocenters. The highest BCUT2D eigenvalue weighted by molar-refractivity contribution is 5.76. The molecule has 3 heterocycles. The first-order valence-electron chi connectivity index (χ1n) is 32.6. The minimum absolute atomic E-state index is 0.236. The zero-order valence-corrected chi connectivity index (χ0v) is 50.5. The molecule has 3 fully saturated rings. The van der Waals surface area contributed by atoms with Crippen LogP contribution in [0.4, 0.5) is 0 Å². The Morgan fingerprint density at radius 3 is 1.22 bits per heavy atom. The van der Waals surface area contributed by atoms with E-state index in [4.69, 9.17) is 28.4 Å². The van der Waals surface area contributed by atoms with Gasteiger partial charge in [0.1, 0.15) is 73.2 Å². The summed E-state index contributed by atoms with van der Waals surface area (Å²) in [6.45, 7) is 1.66. The van der Waals surface area contributed by atoms with Crippen molar-refractivity contribution < 1.29 is 89.4 Å². The SMILES string of the molecule is CCCCCCCCCCCCCCCCCCCCCCCCCC/C=C/CC/C=C/C(O)C(COC1OC(CO)C(OC2OC(CO)C(OC3OC(CO)C(O)C(O)C3O)C(O)C2O)C(O)C1O)NC(=O)CCCCCCCCC. The minimum atomic E-state index is -1.98. The maximum absolute atomic E-state index is 13.2. The number of unbranched alkanes of at least 4 members (excludes halogenated alkanes) is 31. The molecule has 0 saturated carbocycles. The number of aliphatic hydroxyl groups excluding tert-OH is 11. The Bertz CT molecular complexity index is 1590. The van der Waals surface area contributed by atoms with Crippen molar-refractivity contribution >= 4 is 5.91 Å². The van der Waals surface area contributed by atoms with Gasteiger partial charge in [0.2, 0.25) is 5.91 Å². The molecule has 0 aromatic rings. The zero-order valence-electron chi connectivity index (χ0n) is 50.5. The van der Waals surface area contributed by atoms with Crippen LogP contribution in [0, 0.1) is 0 Å². The topological polar surface area (TPSA) is 307 Å². The molecule has 0 aliphatic carbocycles. The van der Waals surface area contributed by atoms with Crippen molar-refractivity contribution in [1.82, 2.24) is 5.32 Å². The fraction of sp³-hybridized carbons (Fsp3) is 0.921. The van der Waals surface area contributed by atoms with Gasteiger partial charge in [-0.25, -0.2) is 0 Å². The number of carbonyl (C=O) groups is 1. The van der Waals surface area contributed by atoms with E-state index >= 15 is 0 Å². The van der Waals surface area contributed by atoms with Gasteiger partial charge in [0.15, 0.2) is 18.9 Å². The lowest BCUT2D eigenvalue weighted by Crippen LogP contribution is -2.66. The summed E-state index contributed by atoms with van der Waals surface area (Å²) in [5, 5.41) is 120. The molecule has 17 atom stereocenters. The normalized spacial score (nSPS) is 29.7. The maximum atomic E-state index is 13.2. The monoisotopic (exact) mass is 1180 g/mol. The fourth-order valence-electron chi connectivity index (χ4n) is 11.1. The van der Waals surface area contributed by atoms with E-state index in [9.17, 15) is 61.0 Å². The fourth-order valence-corrected chi connectivity index (χ4v) is 11.1. The third-order valence-corrected chi connectivity index (χ3v) is 16.5. The Morgan fingerprint density at radius 2 is 0.780 bits per heavy atom. The molecule has 0 bridgehead atoms. The molecule has 0 spiro atoms. The average molecular weight is 1180 g/mol. The molecule has 3 rings (SSSR count). The highest BCUT2D eigenvalue weighted by Gasteiger charge is 2.53. The summed E-state index contributed by atoms with van der Waals surface area (Å²) in [6, 6.07) is -0.983. The van der Waals surface area contributed by atoms with Crippen LogP contribution in [0.25, 0.3) is 0 Å². The third-order valence-electron chi connectivity index (χ3n) is 16.5. The van der Waals surface area contributed by atoms with Gasteiger partial charge in [-0.05, 0) is 32.1 Å². The summed E-state index contributed by atoms with van der Waals surface area (Å²) in [5.41, 5.74) is 0. The van der Waals surface area contributed by atoms with Crippen LogP contribution in [0.15, 0.2) is 24.3 Å². The first kappa shape index (κ1) is 74.5.